The Bertz CT molecular complexity index is 970. The minimum absolute atomic E-state index is 0.0405. The monoisotopic (exact) mass is 405 g/mol. The first kappa shape index (κ1) is 21.8. The molecule has 0 unspecified atom stereocenters. The number of aromatic nitrogens is 2. The Labute approximate surface area is 166 Å². The van der Waals surface area contributed by atoms with E-state index in [4.69, 9.17) is 14.6 Å². The number of aliphatic hydroxyl groups excluding tert-OH is 1. The minimum Gasteiger partial charge on any atom is -0.493 e. The van der Waals surface area contributed by atoms with E-state index in [0.29, 0.717) is 16.8 Å². The lowest BCUT2D eigenvalue weighted by Crippen LogP contribution is -2.19. The number of aromatic amines is 1. The number of nitrogens with one attached hydrogen (secondary N) is 2. The maximum atomic E-state index is 12.0. The van der Waals surface area contributed by atoms with Crippen LogP contribution in [0.15, 0.2) is 22.0 Å². The predicted molar refractivity (Wildman–Crippen MR) is 107 cm³/mol. The molecule has 0 radical (unpaired) electrons. The number of nitrogens with zero attached hydrogens (tertiary/aromatic N) is 3. The fourth-order valence-electron chi connectivity index (χ4n) is 2.56. The Morgan fingerprint density at radius 3 is 2.72 bits per heavy atom. The van der Waals surface area contributed by atoms with Gasteiger partial charge in [-0.15, -0.1) is 0 Å². The van der Waals surface area contributed by atoms with Crippen LogP contribution in [0.25, 0.3) is 0 Å². The molecule has 29 heavy (non-hydrogen) atoms. The highest BCUT2D eigenvalue weighted by Crippen LogP contribution is 2.38. The lowest BCUT2D eigenvalue weighted by atomic mass is 10.2. The lowest BCUT2D eigenvalue weighted by Gasteiger charge is -2.14. The van der Waals surface area contributed by atoms with Crippen molar-refractivity contribution in [1.29, 1.82) is 0 Å². The van der Waals surface area contributed by atoms with Crippen LogP contribution in [0.4, 0.5) is 11.6 Å². The summed E-state index contributed by atoms with van der Waals surface area (Å²) in [5, 5.41) is 24.4. The third kappa shape index (κ3) is 5.51. The topological polar surface area (TPSA) is 152 Å². The molecule has 1 heterocycles. The van der Waals surface area contributed by atoms with Gasteiger partial charge < -0.3 is 14.6 Å². The first-order chi connectivity index (χ1) is 13.8. The highest BCUT2D eigenvalue weighted by molar-refractivity contribution is 5.83. The van der Waals surface area contributed by atoms with Crippen LogP contribution < -0.4 is 20.5 Å². The molecule has 0 aliphatic carbocycles. The van der Waals surface area contributed by atoms with Crippen molar-refractivity contribution in [1.82, 2.24) is 9.97 Å². The zero-order valence-electron chi connectivity index (χ0n) is 16.6. The SMILES string of the molecule is COc1cc(/C=N\Nc2nc(C)c(CCO)c(=O)[nH]2)cc([N+](=O)[O-])c1OC(C)C. The molecular weight excluding hydrogens is 382 g/mol. The summed E-state index contributed by atoms with van der Waals surface area (Å²) >= 11 is 0. The van der Waals surface area contributed by atoms with Crippen LogP contribution in [-0.2, 0) is 6.42 Å². The number of nitro benzene ring substituents is 1. The van der Waals surface area contributed by atoms with Crippen molar-refractivity contribution in [2.45, 2.75) is 33.3 Å². The second-order valence-electron chi connectivity index (χ2n) is 6.32. The van der Waals surface area contributed by atoms with Gasteiger partial charge >= 0.3 is 5.69 Å². The molecule has 0 atom stereocenters. The molecule has 2 aromatic rings. The van der Waals surface area contributed by atoms with Gasteiger partial charge in [-0.25, -0.2) is 10.4 Å². The van der Waals surface area contributed by atoms with Gasteiger partial charge in [0.05, 0.1) is 30.0 Å². The maximum Gasteiger partial charge on any atom is 0.315 e. The average Bonchev–Trinajstić information content (AvgIpc) is 2.64. The quantitative estimate of drug-likeness (QED) is 0.324. The Morgan fingerprint density at radius 1 is 1.45 bits per heavy atom. The van der Waals surface area contributed by atoms with E-state index in [0.717, 1.165) is 0 Å². The van der Waals surface area contributed by atoms with E-state index in [1.807, 2.05) is 0 Å². The van der Waals surface area contributed by atoms with E-state index < -0.39 is 4.92 Å². The second-order valence-corrected chi connectivity index (χ2v) is 6.32. The number of rotatable bonds is 9. The number of methoxy groups -OCH3 is 1. The van der Waals surface area contributed by atoms with Gasteiger partial charge in [0, 0.05) is 30.2 Å². The molecular formula is C18H23N5O6. The Balaban J connectivity index is 2.30. The fraction of sp³-hybridized carbons (Fsp3) is 0.389. The first-order valence-corrected chi connectivity index (χ1v) is 8.79. The van der Waals surface area contributed by atoms with E-state index in [1.165, 1.54) is 19.4 Å². The summed E-state index contributed by atoms with van der Waals surface area (Å²) in [6, 6.07) is 2.85. The van der Waals surface area contributed by atoms with Crippen molar-refractivity contribution in [2.24, 2.45) is 5.10 Å². The number of hydrazone groups is 1. The molecule has 0 aliphatic heterocycles. The number of anilines is 1. The standard InChI is InChI=1S/C18H23N5O6/c1-10(2)29-16-14(23(26)27)7-12(8-15(16)28-4)9-19-22-18-20-11(3)13(5-6-24)17(25)21-18/h7-10,24H,5-6H2,1-4H3,(H2,20,21,22,25)/b19-9-. The highest BCUT2D eigenvalue weighted by atomic mass is 16.6. The Hall–Kier alpha value is -3.47. The summed E-state index contributed by atoms with van der Waals surface area (Å²) in [6.07, 6.45) is 1.25. The molecule has 0 saturated carbocycles. The third-order valence-electron chi connectivity index (χ3n) is 3.80. The van der Waals surface area contributed by atoms with Crippen LogP contribution in [0.3, 0.4) is 0 Å². The van der Waals surface area contributed by atoms with Crippen molar-refractivity contribution in [3.63, 3.8) is 0 Å². The number of nitro groups is 1. The number of hydrogen-bond donors (Lipinski definition) is 3. The Morgan fingerprint density at radius 2 is 2.17 bits per heavy atom. The van der Waals surface area contributed by atoms with Crippen molar-refractivity contribution in [3.8, 4) is 11.5 Å². The van der Waals surface area contributed by atoms with Gasteiger partial charge in [-0.2, -0.15) is 5.10 Å². The summed E-state index contributed by atoms with van der Waals surface area (Å²) < 4.78 is 10.7. The number of aryl methyl sites for hydroxylation is 1. The zero-order valence-corrected chi connectivity index (χ0v) is 16.6. The van der Waals surface area contributed by atoms with Gasteiger partial charge in [-0.3, -0.25) is 19.9 Å². The molecule has 0 amide bonds. The molecule has 156 valence electrons. The fourth-order valence-corrected chi connectivity index (χ4v) is 2.56. The molecule has 0 saturated heterocycles. The third-order valence-corrected chi connectivity index (χ3v) is 3.80. The number of aliphatic hydroxyl groups is 1. The lowest BCUT2D eigenvalue weighted by molar-refractivity contribution is -0.386. The van der Waals surface area contributed by atoms with Crippen molar-refractivity contribution in [3.05, 3.63) is 49.4 Å². The van der Waals surface area contributed by atoms with Gasteiger partial charge in [0.2, 0.25) is 11.7 Å². The van der Waals surface area contributed by atoms with Crippen molar-refractivity contribution >= 4 is 17.9 Å². The van der Waals surface area contributed by atoms with Crippen molar-refractivity contribution in [2.75, 3.05) is 19.1 Å². The smallest absolute Gasteiger partial charge is 0.315 e. The average molecular weight is 405 g/mol. The van der Waals surface area contributed by atoms with Crippen LogP contribution >= 0.6 is 0 Å². The molecule has 0 spiro atoms. The predicted octanol–water partition coefficient (Wildman–Crippen LogP) is 1.76. The number of H-pyrrole nitrogens is 1. The van der Waals surface area contributed by atoms with Crippen LogP contribution in [-0.4, -0.2) is 46.0 Å². The van der Waals surface area contributed by atoms with Crippen LogP contribution in [0, 0.1) is 17.0 Å². The van der Waals surface area contributed by atoms with Gasteiger partial charge in [-0.1, -0.05) is 0 Å². The molecule has 0 fully saturated rings. The summed E-state index contributed by atoms with van der Waals surface area (Å²) in [7, 11) is 1.39. The van der Waals surface area contributed by atoms with Crippen LogP contribution in [0.1, 0.15) is 30.7 Å². The molecule has 2 rings (SSSR count). The number of hydrogen-bond acceptors (Lipinski definition) is 9. The molecule has 1 aromatic heterocycles. The maximum absolute atomic E-state index is 12.0. The first-order valence-electron chi connectivity index (χ1n) is 8.79. The van der Waals surface area contributed by atoms with Crippen LogP contribution in [0.5, 0.6) is 11.5 Å². The normalized spacial score (nSPS) is 11.1. The van der Waals surface area contributed by atoms with Gasteiger partial charge in [0.15, 0.2) is 5.75 Å². The van der Waals surface area contributed by atoms with Gasteiger partial charge in [-0.05, 0) is 26.8 Å². The number of ether oxygens (including phenoxy) is 2. The van der Waals surface area contributed by atoms with Gasteiger partial charge in [0.25, 0.3) is 5.56 Å². The zero-order chi connectivity index (χ0) is 21.6. The number of benzene rings is 1. The molecule has 0 bridgehead atoms. The summed E-state index contributed by atoms with van der Waals surface area (Å²) in [6.45, 7) is 5.00. The van der Waals surface area contributed by atoms with Crippen molar-refractivity contribution < 1.29 is 19.5 Å². The Kier molecular flexibility index (Phi) is 7.26. The largest absolute Gasteiger partial charge is 0.493 e. The highest BCUT2D eigenvalue weighted by Gasteiger charge is 2.23. The van der Waals surface area contributed by atoms with E-state index in [2.05, 4.69) is 20.5 Å². The summed E-state index contributed by atoms with van der Waals surface area (Å²) in [5.74, 6) is 0.343. The van der Waals surface area contributed by atoms with E-state index in [1.54, 1.807) is 26.8 Å². The van der Waals surface area contributed by atoms with Gasteiger partial charge in [0.1, 0.15) is 0 Å². The molecule has 0 aliphatic rings. The van der Waals surface area contributed by atoms with E-state index in [9.17, 15) is 14.9 Å². The molecule has 11 nitrogen and oxygen atoms in total. The molecule has 3 N–H and O–H groups in total. The minimum atomic E-state index is -0.562. The molecule has 11 heteroatoms. The summed E-state index contributed by atoms with van der Waals surface area (Å²) in [5.41, 5.74) is 3.18. The van der Waals surface area contributed by atoms with E-state index in [-0.39, 0.29) is 47.8 Å². The van der Waals surface area contributed by atoms with Crippen LogP contribution in [0.2, 0.25) is 0 Å². The summed E-state index contributed by atoms with van der Waals surface area (Å²) in [4.78, 5) is 29.5. The van der Waals surface area contributed by atoms with E-state index >= 15 is 0 Å². The molecule has 1 aromatic carbocycles. The second kappa shape index (κ2) is 9.64.